The molecule has 2 aromatic rings. The van der Waals surface area contributed by atoms with Gasteiger partial charge in [-0.25, -0.2) is 24.3 Å². The third-order valence-electron chi connectivity index (χ3n) is 1.84. The summed E-state index contributed by atoms with van der Waals surface area (Å²) in [5, 5.41) is 0. The molecule has 0 bridgehead atoms. The van der Waals surface area contributed by atoms with Gasteiger partial charge in [0.2, 0.25) is 0 Å². The Bertz CT molecular complexity index is 279. The minimum atomic E-state index is 0. The van der Waals surface area contributed by atoms with Crippen LogP contribution in [0.15, 0.2) is 85.0 Å². The normalized spacial score (nSPS) is 7.41. The molecule has 0 aromatic heterocycles. The standard InChI is InChI=1S/C6H10.2C5H5.Hf/c1-5(2)6(3)4;2*1-2-4-5-3-1;/h1,3H2,2,4H3;2*1-5H;/q;2*-1;. The summed E-state index contributed by atoms with van der Waals surface area (Å²) >= 11 is 0. The monoisotopic (exact) mass is 392 g/mol. The fourth-order valence-corrected chi connectivity index (χ4v) is 0.642. The van der Waals surface area contributed by atoms with E-state index in [-0.39, 0.29) is 25.8 Å². The molecule has 17 heavy (non-hydrogen) atoms. The maximum absolute atomic E-state index is 3.66. The summed E-state index contributed by atoms with van der Waals surface area (Å²) in [6, 6.07) is 20.0. The topological polar surface area (TPSA) is 0 Å². The molecule has 0 fully saturated rings. The van der Waals surface area contributed by atoms with E-state index in [1.807, 2.05) is 74.5 Å². The van der Waals surface area contributed by atoms with Crippen LogP contribution in [0.3, 0.4) is 0 Å². The van der Waals surface area contributed by atoms with Gasteiger partial charge in [-0.15, -0.1) is 0 Å². The fraction of sp³-hybridized carbons (Fsp3) is 0.125. The minimum Gasteiger partial charge on any atom is -0.214 e. The second kappa shape index (κ2) is 13.1. The van der Waals surface area contributed by atoms with E-state index in [4.69, 9.17) is 0 Å². The molecular weight excluding hydrogens is 371 g/mol. The Balaban J connectivity index is 0. The Morgan fingerprint density at radius 2 is 0.941 bits per heavy atom. The fourth-order valence-electron chi connectivity index (χ4n) is 0.642. The van der Waals surface area contributed by atoms with Crippen molar-refractivity contribution < 1.29 is 25.8 Å². The molecule has 0 amide bonds. The van der Waals surface area contributed by atoms with Gasteiger partial charge in [-0.1, -0.05) is 24.3 Å². The molecular formula is C16H20Hf-2. The van der Waals surface area contributed by atoms with Gasteiger partial charge < -0.3 is 0 Å². The molecule has 1 heteroatoms. The van der Waals surface area contributed by atoms with Crippen LogP contribution in [0, 0.1) is 0 Å². The van der Waals surface area contributed by atoms with Crippen molar-refractivity contribution in [2.45, 2.75) is 13.8 Å². The first-order valence-corrected chi connectivity index (χ1v) is 5.29. The van der Waals surface area contributed by atoms with Crippen LogP contribution >= 0.6 is 0 Å². The van der Waals surface area contributed by atoms with Crippen LogP contribution in [0.5, 0.6) is 0 Å². The maximum atomic E-state index is 3.66. The largest absolute Gasteiger partial charge is 0.214 e. The molecule has 0 aliphatic rings. The van der Waals surface area contributed by atoms with Gasteiger partial charge in [0, 0.05) is 25.8 Å². The summed E-state index contributed by atoms with van der Waals surface area (Å²) in [5.74, 6) is 0. The molecule has 0 saturated heterocycles. The summed E-state index contributed by atoms with van der Waals surface area (Å²) in [7, 11) is 0. The molecule has 0 spiro atoms. The molecule has 2 aromatic carbocycles. The van der Waals surface area contributed by atoms with Crippen molar-refractivity contribution in [3.8, 4) is 0 Å². The van der Waals surface area contributed by atoms with E-state index >= 15 is 0 Å². The summed E-state index contributed by atoms with van der Waals surface area (Å²) in [4.78, 5) is 0. The minimum absolute atomic E-state index is 0. The summed E-state index contributed by atoms with van der Waals surface area (Å²) < 4.78 is 0. The SMILES string of the molecule is C=C(C)C(=C)C.[Hf].c1cc[cH-]c1.c1cc[cH-]c1. The zero-order valence-electron chi connectivity index (χ0n) is 10.7. The van der Waals surface area contributed by atoms with Gasteiger partial charge in [0.15, 0.2) is 0 Å². The Morgan fingerprint density at radius 1 is 0.706 bits per heavy atom. The molecule has 0 nitrogen and oxygen atoms in total. The predicted octanol–water partition coefficient (Wildman–Crippen LogP) is 4.95. The van der Waals surface area contributed by atoms with Crippen molar-refractivity contribution in [3.05, 3.63) is 85.0 Å². The second-order valence-corrected chi connectivity index (χ2v) is 3.49. The number of hydrogen-bond acceptors (Lipinski definition) is 0. The van der Waals surface area contributed by atoms with Crippen molar-refractivity contribution in [2.24, 2.45) is 0 Å². The van der Waals surface area contributed by atoms with E-state index in [1.54, 1.807) is 0 Å². The molecule has 0 unspecified atom stereocenters. The third-order valence-corrected chi connectivity index (χ3v) is 1.84. The molecule has 0 N–H and O–H groups in total. The quantitative estimate of drug-likeness (QED) is 0.367. The molecule has 0 radical (unpaired) electrons. The summed E-state index contributed by atoms with van der Waals surface area (Å²) in [6.07, 6.45) is 0. The van der Waals surface area contributed by atoms with Gasteiger partial charge in [0.25, 0.3) is 0 Å². The van der Waals surface area contributed by atoms with Crippen LogP contribution in [-0.4, -0.2) is 0 Å². The van der Waals surface area contributed by atoms with E-state index in [2.05, 4.69) is 13.2 Å². The van der Waals surface area contributed by atoms with Crippen molar-refractivity contribution >= 4 is 0 Å². The first-order chi connectivity index (χ1) is 7.64. The molecule has 2 rings (SSSR count). The van der Waals surface area contributed by atoms with Gasteiger partial charge in [0.05, 0.1) is 0 Å². The summed E-state index contributed by atoms with van der Waals surface area (Å²) in [6.45, 7) is 11.2. The van der Waals surface area contributed by atoms with Gasteiger partial charge in [-0.3, -0.25) is 0 Å². The zero-order chi connectivity index (χ0) is 12.2. The van der Waals surface area contributed by atoms with Crippen LogP contribution in [0.2, 0.25) is 0 Å². The molecule has 0 saturated carbocycles. The third kappa shape index (κ3) is 15.1. The predicted molar refractivity (Wildman–Crippen MR) is 73.7 cm³/mol. The van der Waals surface area contributed by atoms with Gasteiger partial charge >= 0.3 is 0 Å². The van der Waals surface area contributed by atoms with E-state index in [0.717, 1.165) is 11.1 Å². The van der Waals surface area contributed by atoms with Gasteiger partial charge in [-0.2, -0.15) is 36.4 Å². The van der Waals surface area contributed by atoms with E-state index in [0.29, 0.717) is 0 Å². The molecule has 90 valence electrons. The average molecular weight is 391 g/mol. The second-order valence-electron chi connectivity index (χ2n) is 3.49. The van der Waals surface area contributed by atoms with Crippen molar-refractivity contribution in [1.82, 2.24) is 0 Å². The number of hydrogen-bond donors (Lipinski definition) is 0. The first kappa shape index (κ1) is 18.4. The average Bonchev–Trinajstić information content (AvgIpc) is 2.97. The molecule has 0 aliphatic carbocycles. The maximum Gasteiger partial charge on any atom is 0 e. The van der Waals surface area contributed by atoms with Crippen LogP contribution in [0.25, 0.3) is 0 Å². The Morgan fingerprint density at radius 3 is 1.00 bits per heavy atom. The molecule has 0 atom stereocenters. The molecule has 0 heterocycles. The smallest absolute Gasteiger partial charge is 0 e. The van der Waals surface area contributed by atoms with Crippen LogP contribution in [0.1, 0.15) is 13.8 Å². The Hall–Kier alpha value is -0.950. The van der Waals surface area contributed by atoms with Crippen LogP contribution in [0.4, 0.5) is 0 Å². The van der Waals surface area contributed by atoms with E-state index in [9.17, 15) is 0 Å². The van der Waals surface area contributed by atoms with Gasteiger partial charge in [-0.05, 0) is 13.8 Å². The summed E-state index contributed by atoms with van der Waals surface area (Å²) in [5.41, 5.74) is 2.13. The van der Waals surface area contributed by atoms with Crippen molar-refractivity contribution in [3.63, 3.8) is 0 Å². The Kier molecular flexibility index (Phi) is 14.2. The number of rotatable bonds is 1. The van der Waals surface area contributed by atoms with E-state index in [1.165, 1.54) is 0 Å². The van der Waals surface area contributed by atoms with Gasteiger partial charge in [0.1, 0.15) is 0 Å². The van der Waals surface area contributed by atoms with E-state index < -0.39 is 0 Å². The number of allylic oxidation sites excluding steroid dienone is 2. The molecule has 0 aliphatic heterocycles. The first-order valence-electron chi connectivity index (χ1n) is 5.29. The Labute approximate surface area is 124 Å². The zero-order valence-corrected chi connectivity index (χ0v) is 14.3. The van der Waals surface area contributed by atoms with Crippen LogP contribution < -0.4 is 0 Å². The van der Waals surface area contributed by atoms with Crippen LogP contribution in [-0.2, 0) is 25.8 Å². The van der Waals surface area contributed by atoms with Crippen molar-refractivity contribution in [1.29, 1.82) is 0 Å². The van der Waals surface area contributed by atoms with Crippen molar-refractivity contribution in [2.75, 3.05) is 0 Å².